The van der Waals surface area contributed by atoms with E-state index in [9.17, 15) is 14.0 Å². The van der Waals surface area contributed by atoms with Crippen LogP contribution in [0.1, 0.15) is 5.56 Å². The lowest BCUT2D eigenvalue weighted by atomic mass is 10.2. The van der Waals surface area contributed by atoms with Gasteiger partial charge in [0.15, 0.2) is 0 Å². The van der Waals surface area contributed by atoms with E-state index in [1.54, 1.807) is 6.07 Å². The minimum atomic E-state index is -1.18. The van der Waals surface area contributed by atoms with E-state index >= 15 is 0 Å². The summed E-state index contributed by atoms with van der Waals surface area (Å²) < 4.78 is 17.5. The van der Waals surface area contributed by atoms with E-state index in [0.717, 1.165) is 0 Å². The molecule has 0 unspecified atom stereocenters. The van der Waals surface area contributed by atoms with Crippen LogP contribution >= 0.6 is 0 Å². The molecule has 1 aromatic carbocycles. The van der Waals surface area contributed by atoms with E-state index in [2.05, 4.69) is 4.74 Å². The first-order valence-electron chi connectivity index (χ1n) is 4.99. The number of carboxylic acid groups (broad SMARTS) is 1. The maximum atomic E-state index is 12.9. The maximum Gasteiger partial charge on any atom is 0.411 e. The Labute approximate surface area is 96.4 Å². The molecule has 0 radical (unpaired) electrons. The van der Waals surface area contributed by atoms with Gasteiger partial charge in [-0.05, 0) is 17.7 Å². The van der Waals surface area contributed by atoms with Gasteiger partial charge in [0.2, 0.25) is 6.10 Å². The zero-order chi connectivity index (χ0) is 12.4. The molecule has 1 N–H and O–H groups in total. The Morgan fingerprint density at radius 1 is 1.59 bits per heavy atom. The summed E-state index contributed by atoms with van der Waals surface area (Å²) in [6, 6.07) is 5.78. The van der Waals surface area contributed by atoms with E-state index in [1.807, 2.05) is 0 Å². The van der Waals surface area contributed by atoms with Crippen molar-refractivity contribution in [2.24, 2.45) is 0 Å². The molecule has 1 heterocycles. The first-order valence-corrected chi connectivity index (χ1v) is 4.99. The third-order valence-corrected chi connectivity index (χ3v) is 2.43. The fraction of sp³-hybridized carbons (Fsp3) is 0.273. The zero-order valence-corrected chi connectivity index (χ0v) is 8.80. The molecule has 17 heavy (non-hydrogen) atoms. The summed E-state index contributed by atoms with van der Waals surface area (Å²) in [7, 11) is 0. The third-order valence-electron chi connectivity index (χ3n) is 2.43. The lowest BCUT2D eigenvalue weighted by Crippen LogP contribution is -2.27. The quantitative estimate of drug-likeness (QED) is 0.861. The highest BCUT2D eigenvalue weighted by molar-refractivity contribution is 5.81. The highest BCUT2D eigenvalue weighted by Gasteiger charge is 2.35. The van der Waals surface area contributed by atoms with Gasteiger partial charge in [0.05, 0.1) is 6.54 Å². The fourth-order valence-corrected chi connectivity index (χ4v) is 1.62. The number of amides is 1. The molecule has 1 aromatic rings. The van der Waals surface area contributed by atoms with Gasteiger partial charge in [-0.1, -0.05) is 12.1 Å². The standard InChI is InChI=1S/C11H10FNO4/c12-8-3-1-2-7(4-8)5-13-6-9(10(14)15)17-11(13)16/h1-4,9H,5-6H2,(H,14,15)/t9-/m1/s1. The van der Waals surface area contributed by atoms with E-state index in [4.69, 9.17) is 5.11 Å². The van der Waals surface area contributed by atoms with Crippen molar-refractivity contribution >= 4 is 12.1 Å². The highest BCUT2D eigenvalue weighted by atomic mass is 19.1. The molecule has 1 aliphatic rings. The monoisotopic (exact) mass is 239 g/mol. The minimum absolute atomic E-state index is 0.0231. The molecule has 1 aliphatic heterocycles. The van der Waals surface area contributed by atoms with Crippen molar-refractivity contribution in [1.82, 2.24) is 4.90 Å². The summed E-state index contributed by atoms with van der Waals surface area (Å²) in [5.74, 6) is -1.58. The van der Waals surface area contributed by atoms with Gasteiger partial charge in [0, 0.05) is 6.54 Å². The average Bonchev–Trinajstić information content (AvgIpc) is 2.61. The smallest absolute Gasteiger partial charge is 0.411 e. The van der Waals surface area contributed by atoms with Crippen LogP contribution in [-0.2, 0) is 16.1 Å². The van der Waals surface area contributed by atoms with E-state index in [1.165, 1.54) is 23.1 Å². The first kappa shape index (κ1) is 11.4. The number of carboxylic acids is 1. The molecule has 1 amide bonds. The first-order chi connectivity index (χ1) is 8.06. The third kappa shape index (κ3) is 2.52. The average molecular weight is 239 g/mol. The molecule has 90 valence electrons. The van der Waals surface area contributed by atoms with Crippen LogP contribution in [0.5, 0.6) is 0 Å². The van der Waals surface area contributed by atoms with Crippen molar-refractivity contribution in [1.29, 1.82) is 0 Å². The van der Waals surface area contributed by atoms with Gasteiger partial charge in [-0.25, -0.2) is 14.0 Å². The number of aliphatic carboxylic acids is 1. The molecule has 0 aliphatic carbocycles. The van der Waals surface area contributed by atoms with Gasteiger partial charge < -0.3 is 9.84 Å². The Bertz CT molecular complexity index is 463. The van der Waals surface area contributed by atoms with Crippen molar-refractivity contribution in [3.05, 3.63) is 35.6 Å². The summed E-state index contributed by atoms with van der Waals surface area (Å²) in [5, 5.41) is 8.70. The molecule has 1 atom stereocenters. The van der Waals surface area contributed by atoms with Crippen LogP contribution in [0.2, 0.25) is 0 Å². The predicted molar refractivity (Wildman–Crippen MR) is 54.7 cm³/mol. The van der Waals surface area contributed by atoms with E-state index < -0.39 is 24.0 Å². The molecule has 0 bridgehead atoms. The van der Waals surface area contributed by atoms with Gasteiger partial charge in [-0.15, -0.1) is 0 Å². The van der Waals surface area contributed by atoms with Crippen LogP contribution < -0.4 is 0 Å². The minimum Gasteiger partial charge on any atom is -0.478 e. The molecule has 0 aromatic heterocycles. The number of benzene rings is 1. The lowest BCUT2D eigenvalue weighted by molar-refractivity contribution is -0.144. The number of ether oxygens (including phenoxy) is 1. The topological polar surface area (TPSA) is 66.8 Å². The molecule has 1 saturated heterocycles. The maximum absolute atomic E-state index is 12.9. The number of cyclic esters (lactones) is 1. The largest absolute Gasteiger partial charge is 0.478 e. The van der Waals surface area contributed by atoms with Gasteiger partial charge in [0.25, 0.3) is 0 Å². The molecule has 5 nitrogen and oxygen atoms in total. The Hall–Kier alpha value is -2.11. The number of nitrogens with zero attached hydrogens (tertiary/aromatic N) is 1. The summed E-state index contributed by atoms with van der Waals surface area (Å²) in [5.41, 5.74) is 0.591. The second-order valence-electron chi connectivity index (χ2n) is 3.72. The van der Waals surface area contributed by atoms with Gasteiger partial charge in [0.1, 0.15) is 5.82 Å². The van der Waals surface area contributed by atoms with Crippen molar-refractivity contribution < 1.29 is 23.8 Å². The van der Waals surface area contributed by atoms with Crippen molar-refractivity contribution in [3.8, 4) is 0 Å². The van der Waals surface area contributed by atoms with Crippen LogP contribution in [-0.4, -0.2) is 34.7 Å². The Morgan fingerprint density at radius 2 is 2.35 bits per heavy atom. The van der Waals surface area contributed by atoms with Gasteiger partial charge in [-0.2, -0.15) is 0 Å². The SMILES string of the molecule is O=C(O)[C@H]1CN(Cc2cccc(F)c2)C(=O)O1. The van der Waals surface area contributed by atoms with Crippen LogP contribution in [0, 0.1) is 5.82 Å². The molecular formula is C11H10FNO4. The predicted octanol–water partition coefficient (Wildman–Crippen LogP) is 1.23. The van der Waals surface area contributed by atoms with Crippen LogP contribution in [0.25, 0.3) is 0 Å². The molecule has 2 rings (SSSR count). The lowest BCUT2D eigenvalue weighted by Gasteiger charge is -2.12. The second kappa shape index (κ2) is 4.40. The molecule has 6 heteroatoms. The highest BCUT2D eigenvalue weighted by Crippen LogP contribution is 2.15. The normalized spacial score (nSPS) is 19.2. The van der Waals surface area contributed by atoms with Crippen LogP contribution in [0.3, 0.4) is 0 Å². The zero-order valence-electron chi connectivity index (χ0n) is 8.80. The van der Waals surface area contributed by atoms with Crippen LogP contribution in [0.15, 0.2) is 24.3 Å². The number of rotatable bonds is 3. The van der Waals surface area contributed by atoms with Gasteiger partial charge >= 0.3 is 12.1 Å². The van der Waals surface area contributed by atoms with Crippen LogP contribution in [0.4, 0.5) is 9.18 Å². The van der Waals surface area contributed by atoms with Gasteiger partial charge in [-0.3, -0.25) is 4.90 Å². The number of hydrogen-bond acceptors (Lipinski definition) is 3. The summed E-state index contributed by atoms with van der Waals surface area (Å²) in [6.45, 7) is 0.116. The molecule has 0 spiro atoms. The number of hydrogen-bond donors (Lipinski definition) is 1. The van der Waals surface area contributed by atoms with Crippen molar-refractivity contribution in [3.63, 3.8) is 0 Å². The summed E-state index contributed by atoms with van der Waals surface area (Å²) >= 11 is 0. The number of halogens is 1. The second-order valence-corrected chi connectivity index (χ2v) is 3.72. The summed E-state index contributed by atoms with van der Waals surface area (Å²) in [6.07, 6.45) is -1.84. The Balaban J connectivity index is 2.05. The molecule has 0 saturated carbocycles. The molecule has 1 fully saturated rings. The van der Waals surface area contributed by atoms with E-state index in [-0.39, 0.29) is 13.1 Å². The summed E-state index contributed by atoms with van der Waals surface area (Å²) in [4.78, 5) is 23.2. The number of carbonyl (C=O) groups is 2. The van der Waals surface area contributed by atoms with E-state index in [0.29, 0.717) is 5.56 Å². The molecular weight excluding hydrogens is 229 g/mol. The Kier molecular flexibility index (Phi) is 2.95. The Morgan fingerprint density at radius 3 is 2.94 bits per heavy atom. The number of carbonyl (C=O) groups excluding carboxylic acids is 1. The van der Waals surface area contributed by atoms with Crippen molar-refractivity contribution in [2.45, 2.75) is 12.6 Å². The van der Waals surface area contributed by atoms with Crippen molar-refractivity contribution in [2.75, 3.05) is 6.54 Å². The fourth-order valence-electron chi connectivity index (χ4n) is 1.62.